The molecule has 0 atom stereocenters. The van der Waals surface area contributed by atoms with Crippen molar-refractivity contribution in [1.82, 2.24) is 0 Å². The Labute approximate surface area is 149 Å². The summed E-state index contributed by atoms with van der Waals surface area (Å²) in [6, 6.07) is 9.44. The standard InChI is InChI=1S/C17H20O.2C2H6.CH3F/c1-3-5-7-11-15(10-4-2)14-17(18)16-12-8-6-9-13-16;3*1-2/h3-6,8-13H,7,14H2,1-2H3;2*1-2H3;1H3/b5-3-,10-4-,15-11+;;;. The molecule has 0 saturated heterocycles. The highest BCUT2D eigenvalue weighted by molar-refractivity contribution is 5.97. The van der Waals surface area contributed by atoms with E-state index in [1.807, 2.05) is 90.1 Å². The summed E-state index contributed by atoms with van der Waals surface area (Å²) >= 11 is 0. The lowest BCUT2D eigenvalue weighted by Crippen LogP contribution is -1.99. The van der Waals surface area contributed by atoms with Gasteiger partial charge in [0.2, 0.25) is 0 Å². The van der Waals surface area contributed by atoms with E-state index in [0.717, 1.165) is 17.6 Å². The Morgan fingerprint density at radius 3 is 1.96 bits per heavy atom. The number of alkyl halides is 1. The minimum absolute atomic E-state index is 0.167. The third-order valence-electron chi connectivity index (χ3n) is 2.59. The lowest BCUT2D eigenvalue weighted by atomic mass is 10.0. The number of Topliss-reactive ketones (excluding diaryl/α,β-unsaturated/α-hetero) is 1. The molecule has 24 heavy (non-hydrogen) atoms. The van der Waals surface area contributed by atoms with Crippen molar-refractivity contribution < 1.29 is 9.18 Å². The molecule has 0 aliphatic carbocycles. The molecule has 1 aromatic rings. The van der Waals surface area contributed by atoms with E-state index in [1.165, 1.54) is 0 Å². The van der Waals surface area contributed by atoms with Gasteiger partial charge in [-0.05, 0) is 25.8 Å². The molecule has 1 aromatic carbocycles. The van der Waals surface area contributed by atoms with E-state index in [2.05, 4.69) is 12.2 Å². The fourth-order valence-corrected chi connectivity index (χ4v) is 1.68. The Morgan fingerprint density at radius 2 is 1.50 bits per heavy atom. The Morgan fingerprint density at radius 1 is 0.958 bits per heavy atom. The van der Waals surface area contributed by atoms with Gasteiger partial charge >= 0.3 is 0 Å². The van der Waals surface area contributed by atoms with Crippen molar-refractivity contribution in [2.45, 2.75) is 54.4 Å². The first-order chi connectivity index (χ1) is 11.8. The fraction of sp³-hybridized carbons (Fsp3) is 0.409. The van der Waals surface area contributed by atoms with E-state index < -0.39 is 0 Å². The first-order valence-electron chi connectivity index (χ1n) is 8.67. The van der Waals surface area contributed by atoms with E-state index >= 15 is 0 Å². The normalized spacial score (nSPS) is 10.1. The van der Waals surface area contributed by atoms with Crippen molar-refractivity contribution in [3.63, 3.8) is 0 Å². The van der Waals surface area contributed by atoms with Crippen LogP contribution < -0.4 is 0 Å². The molecule has 0 saturated carbocycles. The number of hydrogen-bond acceptors (Lipinski definition) is 1. The first-order valence-corrected chi connectivity index (χ1v) is 8.67. The van der Waals surface area contributed by atoms with E-state index in [1.54, 1.807) is 0 Å². The smallest absolute Gasteiger partial charge is 0.167 e. The van der Waals surface area contributed by atoms with Crippen molar-refractivity contribution in [2.24, 2.45) is 0 Å². The average molecular weight is 335 g/mol. The van der Waals surface area contributed by atoms with Gasteiger partial charge in [0, 0.05) is 12.0 Å². The minimum Gasteiger partial charge on any atom is -0.294 e. The van der Waals surface area contributed by atoms with Crippen LogP contribution in [0.1, 0.15) is 64.7 Å². The summed E-state index contributed by atoms with van der Waals surface area (Å²) < 4.78 is 9.50. The predicted octanol–water partition coefficient (Wildman–Crippen LogP) is 7.37. The maximum Gasteiger partial charge on any atom is 0.167 e. The van der Waals surface area contributed by atoms with E-state index in [9.17, 15) is 9.18 Å². The van der Waals surface area contributed by atoms with Crippen LogP contribution in [0.4, 0.5) is 4.39 Å². The first kappa shape index (κ1) is 26.9. The molecule has 0 aromatic heterocycles. The zero-order valence-corrected chi connectivity index (χ0v) is 16.5. The van der Waals surface area contributed by atoms with Gasteiger partial charge in [-0.15, -0.1) is 0 Å². The van der Waals surface area contributed by atoms with E-state index in [0.29, 0.717) is 13.6 Å². The lowest BCUT2D eigenvalue weighted by Gasteiger charge is -2.02. The Kier molecular flexibility index (Phi) is 26.1. The molecule has 0 aliphatic heterocycles. The van der Waals surface area contributed by atoms with Crippen LogP contribution in [0.15, 0.2) is 66.3 Å². The summed E-state index contributed by atoms with van der Waals surface area (Å²) in [6.45, 7) is 12.0. The molecule has 0 bridgehead atoms. The summed E-state index contributed by atoms with van der Waals surface area (Å²) in [6.07, 6.45) is 11.5. The zero-order chi connectivity index (χ0) is 19.2. The molecule has 1 rings (SSSR count). The van der Waals surface area contributed by atoms with E-state index in [-0.39, 0.29) is 5.78 Å². The summed E-state index contributed by atoms with van der Waals surface area (Å²) in [7, 11) is 0.500. The van der Waals surface area contributed by atoms with Gasteiger partial charge in [-0.1, -0.05) is 88.4 Å². The maximum absolute atomic E-state index is 12.1. The summed E-state index contributed by atoms with van der Waals surface area (Å²) in [4.78, 5) is 12.1. The number of carbonyl (C=O) groups is 1. The molecule has 2 heteroatoms. The molecule has 0 radical (unpaired) electrons. The largest absolute Gasteiger partial charge is 0.294 e. The quantitative estimate of drug-likeness (QED) is 0.301. The van der Waals surface area contributed by atoms with Gasteiger partial charge in [-0.25, -0.2) is 0 Å². The van der Waals surface area contributed by atoms with Crippen LogP contribution in [0.5, 0.6) is 0 Å². The number of rotatable bonds is 6. The molecule has 136 valence electrons. The molecule has 1 nitrogen and oxygen atoms in total. The SMILES string of the molecule is C/C=C\C/C=C(\C=C/C)CC(=O)c1ccccc1.CC.CC.CF. The maximum atomic E-state index is 12.1. The number of halogens is 1. The average Bonchev–Trinajstić information content (AvgIpc) is 2.67. The Bertz CT molecular complexity index is 456. The van der Waals surface area contributed by atoms with Crippen LogP contribution in [-0.4, -0.2) is 13.0 Å². The molecular formula is C22H35FO. The highest BCUT2D eigenvalue weighted by Crippen LogP contribution is 2.12. The third kappa shape index (κ3) is 15.0. The van der Waals surface area contributed by atoms with Gasteiger partial charge in [0.15, 0.2) is 5.78 Å². The molecule has 0 amide bonds. The van der Waals surface area contributed by atoms with Crippen LogP contribution in [0.2, 0.25) is 0 Å². The van der Waals surface area contributed by atoms with Crippen molar-refractivity contribution in [1.29, 1.82) is 0 Å². The molecule has 0 spiro atoms. The fourth-order valence-electron chi connectivity index (χ4n) is 1.68. The molecule has 0 N–H and O–H groups in total. The van der Waals surface area contributed by atoms with Crippen LogP contribution in [0, 0.1) is 0 Å². The zero-order valence-electron chi connectivity index (χ0n) is 16.5. The van der Waals surface area contributed by atoms with Gasteiger partial charge in [-0.2, -0.15) is 0 Å². The number of allylic oxidation sites excluding steroid dienone is 6. The van der Waals surface area contributed by atoms with Crippen molar-refractivity contribution in [3.05, 3.63) is 71.8 Å². The second-order valence-electron chi connectivity index (χ2n) is 4.05. The highest BCUT2D eigenvalue weighted by atomic mass is 19.1. The second-order valence-corrected chi connectivity index (χ2v) is 4.05. The van der Waals surface area contributed by atoms with Gasteiger partial charge in [0.25, 0.3) is 0 Å². The third-order valence-corrected chi connectivity index (χ3v) is 2.59. The number of carbonyl (C=O) groups excluding carboxylic acids is 1. The van der Waals surface area contributed by atoms with Crippen molar-refractivity contribution >= 4 is 5.78 Å². The van der Waals surface area contributed by atoms with E-state index in [4.69, 9.17) is 0 Å². The monoisotopic (exact) mass is 334 g/mol. The molecule has 0 unspecified atom stereocenters. The van der Waals surface area contributed by atoms with Crippen LogP contribution in [-0.2, 0) is 0 Å². The number of hydrogen-bond donors (Lipinski definition) is 0. The van der Waals surface area contributed by atoms with Crippen LogP contribution in [0.3, 0.4) is 0 Å². The molecule has 0 aliphatic rings. The predicted molar refractivity (Wildman–Crippen MR) is 107 cm³/mol. The number of benzene rings is 1. The second kappa shape index (κ2) is 23.3. The molecule has 0 fully saturated rings. The van der Waals surface area contributed by atoms with Gasteiger partial charge in [-0.3, -0.25) is 9.18 Å². The highest BCUT2D eigenvalue weighted by Gasteiger charge is 2.06. The van der Waals surface area contributed by atoms with Crippen molar-refractivity contribution in [3.8, 4) is 0 Å². The molecule has 0 heterocycles. The summed E-state index contributed by atoms with van der Waals surface area (Å²) in [5, 5.41) is 0. The van der Waals surface area contributed by atoms with Gasteiger partial charge in [0.05, 0.1) is 7.18 Å². The Hall–Kier alpha value is -1.96. The Balaban J connectivity index is -0.000000659. The summed E-state index contributed by atoms with van der Waals surface area (Å²) in [5.74, 6) is 0.167. The van der Waals surface area contributed by atoms with Crippen molar-refractivity contribution in [2.75, 3.05) is 7.18 Å². The minimum atomic E-state index is 0.167. The van der Waals surface area contributed by atoms with Crippen LogP contribution in [0.25, 0.3) is 0 Å². The number of ketones is 1. The van der Waals surface area contributed by atoms with Gasteiger partial charge in [0.1, 0.15) is 0 Å². The van der Waals surface area contributed by atoms with Crippen LogP contribution >= 0.6 is 0 Å². The topological polar surface area (TPSA) is 17.1 Å². The lowest BCUT2D eigenvalue weighted by molar-refractivity contribution is 0.0993. The molecular weight excluding hydrogens is 299 g/mol. The summed E-state index contributed by atoms with van der Waals surface area (Å²) in [5.41, 5.74) is 1.85. The van der Waals surface area contributed by atoms with Gasteiger partial charge < -0.3 is 0 Å².